The molecule has 1 atom stereocenters. The molecule has 3 rings (SSSR count). The Labute approximate surface area is 168 Å². The summed E-state index contributed by atoms with van der Waals surface area (Å²) < 4.78 is 10.4. The van der Waals surface area contributed by atoms with Crippen molar-refractivity contribution in [1.82, 2.24) is 4.98 Å². The highest BCUT2D eigenvalue weighted by Gasteiger charge is 2.27. The monoisotopic (exact) mass is 393 g/mol. The zero-order valence-corrected chi connectivity index (χ0v) is 16.9. The second kappa shape index (κ2) is 8.31. The third kappa shape index (κ3) is 4.06. The number of aromatic amines is 1. The lowest BCUT2D eigenvalue weighted by Crippen LogP contribution is -2.25. The van der Waals surface area contributed by atoms with Crippen LogP contribution in [0.5, 0.6) is 0 Å². The van der Waals surface area contributed by atoms with Gasteiger partial charge in [-0.1, -0.05) is 30.3 Å². The number of ketones is 1. The number of aromatic nitrogens is 1. The Balaban J connectivity index is 1.78. The first-order chi connectivity index (χ1) is 13.8. The van der Waals surface area contributed by atoms with E-state index in [2.05, 4.69) is 4.98 Å². The molecule has 3 aromatic rings. The highest BCUT2D eigenvalue weighted by Crippen LogP contribution is 2.22. The standard InChI is InChI=1S/C23H23NO5/c1-5-28-23(27)19-13(2)20(24-14(19)3)21(25)15(4)29-22(26)18-11-10-16-8-6-7-9-17(16)12-18/h6-12,15,24H,5H2,1-4H3/t15-/m0/s1. The number of carbonyl (C=O) groups is 3. The lowest BCUT2D eigenvalue weighted by molar-refractivity contribution is 0.0317. The molecule has 0 saturated carbocycles. The molecule has 6 heteroatoms. The molecule has 0 aliphatic carbocycles. The first-order valence-electron chi connectivity index (χ1n) is 9.43. The van der Waals surface area contributed by atoms with E-state index in [9.17, 15) is 14.4 Å². The van der Waals surface area contributed by atoms with Crippen molar-refractivity contribution in [2.24, 2.45) is 0 Å². The van der Waals surface area contributed by atoms with Crippen LogP contribution in [0.3, 0.4) is 0 Å². The van der Waals surface area contributed by atoms with Gasteiger partial charge in [0.2, 0.25) is 5.78 Å². The predicted octanol–water partition coefficient (Wildman–Crippen LogP) is 4.39. The topological polar surface area (TPSA) is 85.5 Å². The lowest BCUT2D eigenvalue weighted by atomic mass is 10.1. The van der Waals surface area contributed by atoms with Crippen LogP contribution in [0.25, 0.3) is 10.8 Å². The summed E-state index contributed by atoms with van der Waals surface area (Å²) in [5.41, 5.74) is 1.97. The molecule has 0 spiro atoms. The molecular weight excluding hydrogens is 370 g/mol. The van der Waals surface area contributed by atoms with Gasteiger partial charge in [-0.3, -0.25) is 4.79 Å². The molecule has 0 fully saturated rings. The molecule has 6 nitrogen and oxygen atoms in total. The molecule has 150 valence electrons. The van der Waals surface area contributed by atoms with Crippen molar-refractivity contribution in [3.63, 3.8) is 0 Å². The summed E-state index contributed by atoms with van der Waals surface area (Å²) in [7, 11) is 0. The Morgan fingerprint density at radius 3 is 2.38 bits per heavy atom. The average Bonchev–Trinajstić information content (AvgIpc) is 3.01. The molecular formula is C23H23NO5. The summed E-state index contributed by atoms with van der Waals surface area (Å²) in [5, 5.41) is 1.92. The van der Waals surface area contributed by atoms with E-state index in [1.807, 2.05) is 30.3 Å². The van der Waals surface area contributed by atoms with Gasteiger partial charge in [0.1, 0.15) is 0 Å². The number of benzene rings is 2. The van der Waals surface area contributed by atoms with Crippen LogP contribution < -0.4 is 0 Å². The molecule has 0 saturated heterocycles. The number of rotatable bonds is 6. The summed E-state index contributed by atoms with van der Waals surface area (Å²) in [6.45, 7) is 6.84. The number of Topliss-reactive ketones (excluding diaryl/α,β-unsaturated/α-hetero) is 1. The summed E-state index contributed by atoms with van der Waals surface area (Å²) in [6.07, 6.45) is -1.01. The Hall–Kier alpha value is -3.41. The van der Waals surface area contributed by atoms with Gasteiger partial charge in [0.15, 0.2) is 6.10 Å². The lowest BCUT2D eigenvalue weighted by Gasteiger charge is -2.12. The maximum absolute atomic E-state index is 12.8. The maximum atomic E-state index is 12.8. The van der Waals surface area contributed by atoms with E-state index < -0.39 is 23.8 Å². The fraction of sp³-hybridized carbons (Fsp3) is 0.261. The number of H-pyrrole nitrogens is 1. The van der Waals surface area contributed by atoms with Gasteiger partial charge < -0.3 is 14.5 Å². The zero-order valence-electron chi connectivity index (χ0n) is 16.9. The smallest absolute Gasteiger partial charge is 0.340 e. The molecule has 0 amide bonds. The van der Waals surface area contributed by atoms with Crippen molar-refractivity contribution in [3.8, 4) is 0 Å². The highest BCUT2D eigenvalue weighted by atomic mass is 16.5. The van der Waals surface area contributed by atoms with Crippen LogP contribution in [0, 0.1) is 13.8 Å². The fourth-order valence-corrected chi connectivity index (χ4v) is 3.31. The van der Waals surface area contributed by atoms with Crippen LogP contribution in [0.4, 0.5) is 0 Å². The molecule has 0 radical (unpaired) electrons. The molecule has 0 bridgehead atoms. The number of nitrogens with one attached hydrogen (secondary N) is 1. The molecule has 2 aromatic carbocycles. The van der Waals surface area contributed by atoms with Gasteiger partial charge in [-0.25, -0.2) is 9.59 Å². The van der Waals surface area contributed by atoms with Crippen molar-refractivity contribution in [2.45, 2.75) is 33.8 Å². The minimum absolute atomic E-state index is 0.240. The number of hydrogen-bond acceptors (Lipinski definition) is 5. The van der Waals surface area contributed by atoms with Gasteiger partial charge in [0, 0.05) is 5.69 Å². The van der Waals surface area contributed by atoms with Crippen LogP contribution in [-0.2, 0) is 9.47 Å². The number of fused-ring (bicyclic) bond motifs is 1. The van der Waals surface area contributed by atoms with Crippen LogP contribution in [-0.4, -0.2) is 35.4 Å². The van der Waals surface area contributed by atoms with Crippen LogP contribution >= 0.6 is 0 Å². The minimum Gasteiger partial charge on any atom is -0.462 e. The number of aryl methyl sites for hydroxylation is 1. The van der Waals surface area contributed by atoms with E-state index in [1.54, 1.807) is 32.9 Å². The van der Waals surface area contributed by atoms with E-state index in [1.165, 1.54) is 6.92 Å². The normalized spacial score (nSPS) is 11.9. The summed E-state index contributed by atoms with van der Waals surface area (Å²) >= 11 is 0. The molecule has 0 aliphatic rings. The van der Waals surface area contributed by atoms with E-state index >= 15 is 0 Å². The van der Waals surface area contributed by atoms with E-state index in [0.29, 0.717) is 22.4 Å². The van der Waals surface area contributed by atoms with Crippen LogP contribution in [0.1, 0.15) is 56.3 Å². The average molecular weight is 393 g/mol. The van der Waals surface area contributed by atoms with Gasteiger partial charge in [-0.2, -0.15) is 0 Å². The summed E-state index contributed by atoms with van der Waals surface area (Å²) in [5.74, 6) is -1.47. The predicted molar refractivity (Wildman–Crippen MR) is 109 cm³/mol. The van der Waals surface area contributed by atoms with Crippen molar-refractivity contribution < 1.29 is 23.9 Å². The van der Waals surface area contributed by atoms with E-state index in [-0.39, 0.29) is 12.3 Å². The Kier molecular flexibility index (Phi) is 5.82. The van der Waals surface area contributed by atoms with Crippen molar-refractivity contribution >= 4 is 28.5 Å². The first kappa shape index (κ1) is 20.3. The Bertz CT molecular complexity index is 1100. The fourth-order valence-electron chi connectivity index (χ4n) is 3.31. The van der Waals surface area contributed by atoms with Gasteiger partial charge >= 0.3 is 11.9 Å². The van der Waals surface area contributed by atoms with Crippen molar-refractivity contribution in [1.29, 1.82) is 0 Å². The Morgan fingerprint density at radius 2 is 1.69 bits per heavy atom. The molecule has 29 heavy (non-hydrogen) atoms. The third-order valence-electron chi connectivity index (χ3n) is 4.80. The SMILES string of the molecule is CCOC(=O)c1c(C)[nH]c(C(=O)[C@H](C)OC(=O)c2ccc3ccccc3c2)c1C. The molecule has 1 N–H and O–H groups in total. The van der Waals surface area contributed by atoms with Gasteiger partial charge in [-0.15, -0.1) is 0 Å². The second-order valence-corrected chi connectivity index (χ2v) is 6.82. The number of ether oxygens (including phenoxy) is 2. The molecule has 1 heterocycles. The van der Waals surface area contributed by atoms with Gasteiger partial charge in [0.05, 0.1) is 23.4 Å². The highest BCUT2D eigenvalue weighted by molar-refractivity contribution is 6.05. The maximum Gasteiger partial charge on any atom is 0.340 e. The number of carbonyl (C=O) groups excluding carboxylic acids is 3. The Morgan fingerprint density at radius 1 is 1.00 bits per heavy atom. The summed E-state index contributed by atoms with van der Waals surface area (Å²) in [6, 6.07) is 12.9. The quantitative estimate of drug-likeness (QED) is 0.496. The van der Waals surface area contributed by atoms with Crippen molar-refractivity contribution in [2.75, 3.05) is 6.61 Å². The van der Waals surface area contributed by atoms with Gasteiger partial charge in [-0.05, 0) is 56.2 Å². The number of esters is 2. The van der Waals surface area contributed by atoms with Crippen molar-refractivity contribution in [3.05, 3.63) is 70.5 Å². The first-order valence-corrected chi connectivity index (χ1v) is 9.43. The van der Waals surface area contributed by atoms with E-state index in [4.69, 9.17) is 9.47 Å². The molecule has 0 unspecified atom stereocenters. The van der Waals surface area contributed by atoms with Crippen LogP contribution in [0.15, 0.2) is 42.5 Å². The largest absolute Gasteiger partial charge is 0.462 e. The minimum atomic E-state index is -1.01. The summed E-state index contributed by atoms with van der Waals surface area (Å²) in [4.78, 5) is 40.4. The second-order valence-electron chi connectivity index (χ2n) is 6.82. The zero-order chi connectivity index (χ0) is 21.1. The van der Waals surface area contributed by atoms with Crippen LogP contribution in [0.2, 0.25) is 0 Å². The molecule has 1 aromatic heterocycles. The number of hydrogen-bond donors (Lipinski definition) is 1. The van der Waals surface area contributed by atoms with Gasteiger partial charge in [0.25, 0.3) is 0 Å². The van der Waals surface area contributed by atoms with E-state index in [0.717, 1.165) is 10.8 Å². The third-order valence-corrected chi connectivity index (χ3v) is 4.80. The molecule has 0 aliphatic heterocycles.